The van der Waals surface area contributed by atoms with E-state index in [1.165, 1.54) is 16.7 Å². The van der Waals surface area contributed by atoms with Crippen molar-refractivity contribution in [3.63, 3.8) is 0 Å². The van der Waals surface area contributed by atoms with Gasteiger partial charge in [-0.1, -0.05) is 30.3 Å². The Kier molecular flexibility index (Phi) is 5.39. The molecule has 0 spiro atoms. The summed E-state index contributed by atoms with van der Waals surface area (Å²) in [6.45, 7) is 5.93. The van der Waals surface area contributed by atoms with Gasteiger partial charge in [-0.3, -0.25) is 9.80 Å². The number of fused-ring (bicyclic) bond motifs is 5. The van der Waals surface area contributed by atoms with Crippen LogP contribution in [0.4, 0.5) is 4.39 Å². The van der Waals surface area contributed by atoms with Crippen LogP contribution >= 0.6 is 0 Å². The Labute approximate surface area is 171 Å². The zero-order valence-electron chi connectivity index (χ0n) is 16.8. The second kappa shape index (κ2) is 8.15. The largest absolute Gasteiger partial charge is 0.395 e. The van der Waals surface area contributed by atoms with Crippen molar-refractivity contribution in [2.24, 2.45) is 0 Å². The van der Waals surface area contributed by atoms with Gasteiger partial charge in [-0.2, -0.15) is 0 Å². The standard InChI is InChI=1S/C24H29FN2O2/c25-19-6-5-18-13-17-3-1-2-4-21(17)23-15-20(29-24(23)22(18)14-19)16-27-9-7-26(8-10-27)11-12-28/h1-6,14,20,23-24,28H,7-13,15-16H2/t20-,23?,24?/m1/s1. The fraction of sp³-hybridized carbons (Fsp3) is 0.500. The molecule has 29 heavy (non-hydrogen) atoms. The lowest BCUT2D eigenvalue weighted by Crippen LogP contribution is -2.49. The first-order chi connectivity index (χ1) is 14.2. The summed E-state index contributed by atoms with van der Waals surface area (Å²) in [4.78, 5) is 4.79. The van der Waals surface area contributed by atoms with Crippen LogP contribution in [-0.2, 0) is 11.2 Å². The van der Waals surface area contributed by atoms with Crippen LogP contribution in [0, 0.1) is 5.82 Å². The Bertz CT molecular complexity index is 866. The van der Waals surface area contributed by atoms with E-state index in [0.717, 1.165) is 57.7 Å². The predicted octanol–water partition coefficient (Wildman–Crippen LogP) is 2.95. The van der Waals surface area contributed by atoms with Crippen LogP contribution in [0.25, 0.3) is 0 Å². The molecule has 2 aromatic carbocycles. The van der Waals surface area contributed by atoms with Crippen LogP contribution in [0.1, 0.15) is 40.7 Å². The lowest BCUT2D eigenvalue weighted by molar-refractivity contribution is 0.00787. The topological polar surface area (TPSA) is 35.9 Å². The maximum absolute atomic E-state index is 14.1. The average Bonchev–Trinajstić information content (AvgIpc) is 3.10. The average molecular weight is 397 g/mol. The number of rotatable bonds is 4. The molecule has 2 aliphatic heterocycles. The highest BCUT2D eigenvalue weighted by atomic mass is 19.1. The Morgan fingerprint density at radius 1 is 0.966 bits per heavy atom. The molecular formula is C24H29FN2O2. The smallest absolute Gasteiger partial charge is 0.123 e. The number of aliphatic hydroxyl groups excluding tert-OH is 1. The Hall–Kier alpha value is -1.79. The van der Waals surface area contributed by atoms with Crippen molar-refractivity contribution in [3.8, 4) is 0 Å². The van der Waals surface area contributed by atoms with Gasteiger partial charge in [0.25, 0.3) is 0 Å². The van der Waals surface area contributed by atoms with E-state index in [2.05, 4.69) is 34.1 Å². The molecule has 0 aromatic heterocycles. The van der Waals surface area contributed by atoms with Crippen LogP contribution in [-0.4, -0.2) is 66.9 Å². The molecule has 2 saturated heterocycles. The first-order valence-electron chi connectivity index (χ1n) is 10.8. The van der Waals surface area contributed by atoms with E-state index in [1.54, 1.807) is 12.1 Å². The lowest BCUT2D eigenvalue weighted by Gasteiger charge is -2.35. The maximum Gasteiger partial charge on any atom is 0.123 e. The van der Waals surface area contributed by atoms with Crippen LogP contribution in [0.15, 0.2) is 42.5 Å². The molecule has 5 rings (SSSR count). The summed E-state index contributed by atoms with van der Waals surface area (Å²) in [5.41, 5.74) is 4.92. The van der Waals surface area contributed by atoms with Crippen molar-refractivity contribution in [1.29, 1.82) is 0 Å². The zero-order valence-corrected chi connectivity index (χ0v) is 16.8. The number of aliphatic hydroxyl groups is 1. The molecule has 4 nitrogen and oxygen atoms in total. The van der Waals surface area contributed by atoms with E-state index in [-0.39, 0.29) is 30.5 Å². The normalized spacial score (nSPS) is 27.2. The van der Waals surface area contributed by atoms with Gasteiger partial charge in [0.05, 0.1) is 18.8 Å². The van der Waals surface area contributed by atoms with Crippen molar-refractivity contribution in [2.45, 2.75) is 31.0 Å². The fourth-order valence-electron chi connectivity index (χ4n) is 5.34. The number of hydrogen-bond acceptors (Lipinski definition) is 4. The number of nitrogens with zero attached hydrogens (tertiary/aromatic N) is 2. The fourth-order valence-corrected chi connectivity index (χ4v) is 5.34. The van der Waals surface area contributed by atoms with E-state index in [4.69, 9.17) is 9.84 Å². The van der Waals surface area contributed by atoms with Gasteiger partial charge in [0.15, 0.2) is 0 Å². The van der Waals surface area contributed by atoms with Crippen LogP contribution < -0.4 is 0 Å². The summed E-state index contributed by atoms with van der Waals surface area (Å²) in [5, 5.41) is 9.13. The van der Waals surface area contributed by atoms with Gasteiger partial charge in [-0.05, 0) is 47.2 Å². The Morgan fingerprint density at radius 2 is 1.72 bits per heavy atom. The number of benzene rings is 2. The molecule has 0 amide bonds. The van der Waals surface area contributed by atoms with Gasteiger partial charge in [-0.15, -0.1) is 0 Å². The molecular weight excluding hydrogens is 367 g/mol. The Morgan fingerprint density at radius 3 is 2.55 bits per heavy atom. The molecule has 0 bridgehead atoms. The van der Waals surface area contributed by atoms with E-state index in [0.29, 0.717) is 0 Å². The minimum Gasteiger partial charge on any atom is -0.395 e. The first kappa shape index (κ1) is 19.2. The van der Waals surface area contributed by atoms with E-state index in [1.807, 2.05) is 6.07 Å². The predicted molar refractivity (Wildman–Crippen MR) is 111 cm³/mol. The SMILES string of the molecule is OCCN1CCN(C[C@H]2CC3c4ccccc4Cc4ccc(F)cc4C3O2)CC1. The summed E-state index contributed by atoms with van der Waals surface area (Å²) in [6.07, 6.45) is 1.93. The third kappa shape index (κ3) is 3.84. The molecule has 1 aliphatic carbocycles. The second-order valence-corrected chi connectivity index (χ2v) is 8.61. The summed E-state index contributed by atoms with van der Waals surface area (Å²) in [5.74, 6) is 0.107. The van der Waals surface area contributed by atoms with Gasteiger partial charge in [0.1, 0.15) is 5.82 Å². The molecule has 1 N–H and O–H groups in total. The highest BCUT2D eigenvalue weighted by Crippen LogP contribution is 2.49. The van der Waals surface area contributed by atoms with Crippen molar-refractivity contribution >= 4 is 0 Å². The molecule has 3 atom stereocenters. The number of β-amino-alcohol motifs (C(OH)–C–C–N with tert-alkyl or cyclic N) is 1. The van der Waals surface area contributed by atoms with Gasteiger partial charge >= 0.3 is 0 Å². The van der Waals surface area contributed by atoms with Gasteiger partial charge in [0, 0.05) is 45.2 Å². The van der Waals surface area contributed by atoms with Crippen LogP contribution in [0.5, 0.6) is 0 Å². The van der Waals surface area contributed by atoms with Crippen LogP contribution in [0.2, 0.25) is 0 Å². The second-order valence-electron chi connectivity index (χ2n) is 8.61. The van der Waals surface area contributed by atoms with E-state index in [9.17, 15) is 4.39 Å². The summed E-state index contributed by atoms with van der Waals surface area (Å²) in [6, 6.07) is 13.8. The van der Waals surface area contributed by atoms with Crippen LogP contribution in [0.3, 0.4) is 0 Å². The third-order valence-electron chi connectivity index (χ3n) is 6.81. The quantitative estimate of drug-likeness (QED) is 0.862. The Balaban J connectivity index is 1.36. The molecule has 2 fully saturated rings. The molecule has 2 aromatic rings. The number of ether oxygens (including phenoxy) is 1. The summed E-state index contributed by atoms with van der Waals surface area (Å²) < 4.78 is 20.7. The maximum atomic E-state index is 14.1. The molecule has 0 saturated carbocycles. The van der Waals surface area contributed by atoms with Crippen molar-refractivity contribution in [2.75, 3.05) is 45.9 Å². The minimum absolute atomic E-state index is 0.0648. The molecule has 154 valence electrons. The molecule has 3 aliphatic rings. The van der Waals surface area contributed by atoms with E-state index < -0.39 is 0 Å². The summed E-state index contributed by atoms with van der Waals surface area (Å²) >= 11 is 0. The van der Waals surface area contributed by atoms with Gasteiger partial charge in [-0.25, -0.2) is 4.39 Å². The number of hydrogen-bond donors (Lipinski definition) is 1. The minimum atomic E-state index is -0.180. The number of piperazine rings is 1. The number of halogens is 1. The lowest BCUT2D eigenvalue weighted by atomic mass is 9.87. The highest BCUT2D eigenvalue weighted by molar-refractivity contribution is 5.45. The molecule has 5 heteroatoms. The van der Waals surface area contributed by atoms with Crippen molar-refractivity contribution in [1.82, 2.24) is 9.80 Å². The van der Waals surface area contributed by atoms with Crippen molar-refractivity contribution in [3.05, 3.63) is 70.5 Å². The molecule has 2 heterocycles. The highest BCUT2D eigenvalue weighted by Gasteiger charge is 2.41. The van der Waals surface area contributed by atoms with Crippen molar-refractivity contribution < 1.29 is 14.2 Å². The van der Waals surface area contributed by atoms with Gasteiger partial charge < -0.3 is 9.84 Å². The monoisotopic (exact) mass is 396 g/mol. The molecule has 0 radical (unpaired) electrons. The summed E-state index contributed by atoms with van der Waals surface area (Å²) in [7, 11) is 0. The zero-order chi connectivity index (χ0) is 19.8. The van der Waals surface area contributed by atoms with E-state index >= 15 is 0 Å². The molecule has 2 unspecified atom stereocenters. The third-order valence-corrected chi connectivity index (χ3v) is 6.81. The van der Waals surface area contributed by atoms with Gasteiger partial charge in [0.2, 0.25) is 0 Å². The first-order valence-corrected chi connectivity index (χ1v) is 10.8.